The van der Waals surface area contributed by atoms with E-state index in [9.17, 15) is 14.6 Å². The number of hydrogen-bond acceptors (Lipinski definition) is 10. The van der Waals surface area contributed by atoms with Crippen LogP contribution < -0.4 is 40.2 Å². The molecule has 3 heterocycles. The number of hydrogen-bond donors (Lipinski definition) is 2. The smallest absolute Gasteiger partial charge is 0.756 e. The first-order valence-electron chi connectivity index (χ1n) is 6.23. The number of ether oxygens (including phenoxy) is 1. The molecule has 1 fully saturated rings. The predicted molar refractivity (Wildman–Crippen MR) is 70.0 cm³/mol. The van der Waals surface area contributed by atoms with Gasteiger partial charge in [0.25, 0.3) is 7.82 Å². The van der Waals surface area contributed by atoms with E-state index >= 15 is 0 Å². The fourth-order valence-corrected chi connectivity index (χ4v) is 2.67. The normalized spacial score (nSPS) is 26.8. The molecular weight excluding hydrogens is 340 g/mol. The fraction of sp³-hybridized carbons (Fsp3) is 0.500. The molecule has 2 aromatic rings. The number of aliphatic hydroxyl groups excluding tert-OH is 1. The van der Waals surface area contributed by atoms with Crippen molar-refractivity contribution in [2.45, 2.75) is 25.0 Å². The largest absolute Gasteiger partial charge is 1.00 e. The van der Waals surface area contributed by atoms with Crippen molar-refractivity contribution in [2.24, 2.45) is 0 Å². The first kappa shape index (κ1) is 18.7. The third-order valence-corrected chi connectivity index (χ3v) is 4.12. The van der Waals surface area contributed by atoms with Crippen molar-refractivity contribution in [3.05, 3.63) is 12.7 Å². The molecule has 1 unspecified atom stereocenters. The van der Waals surface area contributed by atoms with Crippen molar-refractivity contribution >= 4 is 24.8 Å². The van der Waals surface area contributed by atoms with Gasteiger partial charge in [-0.3, -0.25) is 13.7 Å². The maximum absolute atomic E-state index is 11.3. The zero-order valence-electron chi connectivity index (χ0n) is 12.4. The van der Waals surface area contributed by atoms with Gasteiger partial charge in [-0.25, -0.2) is 15.0 Å². The summed E-state index contributed by atoms with van der Waals surface area (Å²) in [7, 11) is -3.57. The summed E-state index contributed by atoms with van der Waals surface area (Å²) in [6.07, 6.45) is -0.460. The summed E-state index contributed by atoms with van der Waals surface area (Å²) >= 11 is 0. The summed E-state index contributed by atoms with van der Waals surface area (Å²) in [6.45, 7) is 0. The van der Waals surface area contributed by atoms with Crippen molar-refractivity contribution in [2.75, 3.05) is 12.8 Å². The third-order valence-electron chi connectivity index (χ3n) is 3.20. The number of phosphoric ester groups is 1. The molecule has 3 N–H and O–H groups in total. The number of fused-ring (bicyclic) bond motifs is 1. The molecule has 1 saturated heterocycles. The van der Waals surface area contributed by atoms with Gasteiger partial charge in [0.2, 0.25) is 0 Å². The van der Waals surface area contributed by atoms with Gasteiger partial charge in [0.05, 0.1) is 6.33 Å². The number of nitrogens with zero attached hydrogens (tertiary/aromatic N) is 4. The van der Waals surface area contributed by atoms with Gasteiger partial charge < -0.3 is 25.0 Å². The van der Waals surface area contributed by atoms with E-state index in [2.05, 4.69) is 24.0 Å². The van der Waals surface area contributed by atoms with Crippen LogP contribution in [0, 0.1) is 0 Å². The number of aromatic nitrogens is 4. The van der Waals surface area contributed by atoms with Crippen LogP contribution in [0.3, 0.4) is 0 Å². The zero-order chi connectivity index (χ0) is 15.9. The van der Waals surface area contributed by atoms with Crippen molar-refractivity contribution in [3.63, 3.8) is 0 Å². The molecule has 1 aliphatic heterocycles. The van der Waals surface area contributed by atoms with E-state index in [0.29, 0.717) is 11.2 Å². The van der Waals surface area contributed by atoms with Gasteiger partial charge in [-0.2, -0.15) is 0 Å². The van der Waals surface area contributed by atoms with Crippen molar-refractivity contribution in [1.82, 2.24) is 19.5 Å². The van der Waals surface area contributed by atoms with E-state index in [0.717, 1.165) is 7.11 Å². The quantitative estimate of drug-likeness (QED) is 0.412. The van der Waals surface area contributed by atoms with E-state index in [1.807, 2.05) is 0 Å². The molecule has 1 aliphatic rings. The second-order valence-corrected chi connectivity index (χ2v) is 6.05. The van der Waals surface area contributed by atoms with Crippen LogP contribution in [0.4, 0.5) is 5.82 Å². The Bertz CT molecular complexity index is 744. The van der Waals surface area contributed by atoms with Crippen LogP contribution in [0.1, 0.15) is 12.6 Å². The number of aliphatic hydroxyl groups is 1. The summed E-state index contributed by atoms with van der Waals surface area (Å²) in [5.41, 5.74) is 6.48. The van der Waals surface area contributed by atoms with Crippen molar-refractivity contribution in [1.29, 1.82) is 0 Å². The first-order chi connectivity index (χ1) is 10.4. The number of rotatable bonds is 4. The molecule has 0 saturated carbocycles. The molecule has 3 rings (SSSR count). The van der Waals surface area contributed by atoms with Crippen LogP contribution in [-0.2, 0) is 18.3 Å². The van der Waals surface area contributed by atoms with Crippen molar-refractivity contribution in [3.8, 4) is 0 Å². The average Bonchev–Trinajstić information content (AvgIpc) is 3.04. The second-order valence-electron chi connectivity index (χ2n) is 4.58. The maximum atomic E-state index is 11.3. The Morgan fingerprint density at radius 3 is 2.96 bits per heavy atom. The Morgan fingerprint density at radius 2 is 2.26 bits per heavy atom. The van der Waals surface area contributed by atoms with Crippen LogP contribution in [0.15, 0.2) is 12.7 Å². The minimum atomic E-state index is -4.52. The fourth-order valence-electron chi connectivity index (χ4n) is 2.14. The molecule has 11 nitrogen and oxygen atoms in total. The van der Waals surface area contributed by atoms with Crippen LogP contribution in [0.5, 0.6) is 0 Å². The molecule has 23 heavy (non-hydrogen) atoms. The number of nitrogen functional groups attached to an aromatic ring is 1. The summed E-state index contributed by atoms with van der Waals surface area (Å²) in [6, 6.07) is 0. The molecule has 0 amide bonds. The van der Waals surface area contributed by atoms with E-state index in [1.54, 1.807) is 0 Å². The van der Waals surface area contributed by atoms with E-state index in [1.165, 1.54) is 17.2 Å². The van der Waals surface area contributed by atoms with Gasteiger partial charge in [0.15, 0.2) is 17.8 Å². The summed E-state index contributed by atoms with van der Waals surface area (Å²) < 4.78 is 27.0. The average molecular weight is 353 g/mol. The topological polar surface area (TPSA) is 158 Å². The molecule has 4 atom stereocenters. The number of imidazole rings is 1. The SMILES string of the molecule is COP(=O)([O-])O[C@H]1O[C@@H](n2cnc3c(N)ncnc32)C[C@@H]1O.[Na+]. The Balaban J connectivity index is 0.00000192. The standard InChI is InChI=1S/C10H14N5O6P.Na/c1-19-22(17,18)21-10-5(16)2-6(20-10)15-4-14-7-8(11)12-3-13-9(7)15;/h3-6,10,16H,2H2,1H3,(H,17,18)(H2,11,12,13);/q;+1/p-1/t5-,6+,10+;/m0./s1. The molecular formula is C10H13N5NaO6P. The molecule has 2 aromatic heterocycles. The molecule has 0 aliphatic carbocycles. The third kappa shape index (κ3) is 3.73. The number of phosphoric acid groups is 1. The van der Waals surface area contributed by atoms with Gasteiger partial charge in [-0.05, 0) is 0 Å². The van der Waals surface area contributed by atoms with E-state index in [4.69, 9.17) is 10.5 Å². The molecule has 0 spiro atoms. The Hall–Kier alpha value is -0.620. The molecule has 13 heteroatoms. The Labute approximate surface area is 152 Å². The molecule has 0 radical (unpaired) electrons. The minimum Gasteiger partial charge on any atom is -0.756 e. The first-order valence-corrected chi connectivity index (χ1v) is 7.69. The summed E-state index contributed by atoms with van der Waals surface area (Å²) in [5, 5.41) is 9.89. The van der Waals surface area contributed by atoms with Gasteiger partial charge in [0.1, 0.15) is 24.2 Å². The van der Waals surface area contributed by atoms with E-state index in [-0.39, 0.29) is 41.8 Å². The maximum Gasteiger partial charge on any atom is 1.00 e. The molecule has 120 valence electrons. The summed E-state index contributed by atoms with van der Waals surface area (Å²) in [5.74, 6) is 0.207. The van der Waals surface area contributed by atoms with Crippen molar-refractivity contribution < 1.29 is 57.9 Å². The summed E-state index contributed by atoms with van der Waals surface area (Å²) in [4.78, 5) is 23.2. The van der Waals surface area contributed by atoms with E-state index < -0.39 is 26.4 Å². The van der Waals surface area contributed by atoms with Gasteiger partial charge >= 0.3 is 29.6 Å². The van der Waals surface area contributed by atoms with Gasteiger partial charge in [-0.1, -0.05) is 0 Å². The molecule has 0 bridgehead atoms. The van der Waals surface area contributed by atoms with Gasteiger partial charge in [-0.15, -0.1) is 0 Å². The van der Waals surface area contributed by atoms with Crippen LogP contribution in [0.25, 0.3) is 11.2 Å². The van der Waals surface area contributed by atoms with Crippen LogP contribution in [-0.4, -0.2) is 44.1 Å². The monoisotopic (exact) mass is 353 g/mol. The zero-order valence-corrected chi connectivity index (χ0v) is 15.3. The Kier molecular flexibility index (Phi) is 5.77. The predicted octanol–water partition coefficient (Wildman–Crippen LogP) is -3.85. The number of anilines is 1. The van der Waals surface area contributed by atoms with Crippen LogP contribution >= 0.6 is 7.82 Å². The second kappa shape index (κ2) is 7.09. The Morgan fingerprint density at radius 1 is 1.52 bits per heavy atom. The van der Waals surface area contributed by atoms with Crippen LogP contribution in [0.2, 0.25) is 0 Å². The number of nitrogens with two attached hydrogens (primary N) is 1. The molecule has 0 aromatic carbocycles. The minimum absolute atomic E-state index is 0. The van der Waals surface area contributed by atoms with Gasteiger partial charge in [0, 0.05) is 13.5 Å².